The zero-order chi connectivity index (χ0) is 19.1. The van der Waals surface area contributed by atoms with Gasteiger partial charge in [-0.05, 0) is 86.8 Å². The van der Waals surface area contributed by atoms with Crippen LogP contribution in [-0.4, -0.2) is 29.1 Å². The molecule has 2 aliphatic rings. The molecule has 28 heavy (non-hydrogen) atoms. The Balaban J connectivity index is 1.63. The standard InChI is InChI=1S/C22H25ClN4S/c1-13-18(16-7-6-14-4-2-3-5-15(14)12-16)19-20(25-17-8-10-24-11-9-17)26-22(23)27-21(19)28-13/h6-7,12,17,24H,2-5,8-11H2,1H3,(H,25,26,27). The second-order valence-electron chi connectivity index (χ2n) is 7.91. The molecular weight excluding hydrogens is 388 g/mol. The van der Waals surface area contributed by atoms with Gasteiger partial charge in [0.05, 0.1) is 5.39 Å². The number of piperidine rings is 1. The summed E-state index contributed by atoms with van der Waals surface area (Å²) in [5.74, 6) is 0.888. The number of hydrogen-bond donors (Lipinski definition) is 2. The van der Waals surface area contributed by atoms with Gasteiger partial charge in [-0.2, -0.15) is 0 Å². The third-order valence-electron chi connectivity index (χ3n) is 6.02. The van der Waals surface area contributed by atoms with Gasteiger partial charge in [0.15, 0.2) is 0 Å². The van der Waals surface area contributed by atoms with Crippen LogP contribution in [0.2, 0.25) is 5.28 Å². The predicted molar refractivity (Wildman–Crippen MR) is 119 cm³/mol. The number of anilines is 1. The fourth-order valence-electron chi connectivity index (χ4n) is 4.59. The van der Waals surface area contributed by atoms with Crippen molar-refractivity contribution in [2.45, 2.75) is 51.5 Å². The van der Waals surface area contributed by atoms with E-state index in [-0.39, 0.29) is 0 Å². The first kappa shape index (κ1) is 18.3. The minimum Gasteiger partial charge on any atom is -0.367 e. The summed E-state index contributed by atoms with van der Waals surface area (Å²) in [6.07, 6.45) is 7.19. The Hall–Kier alpha value is -1.69. The van der Waals surface area contributed by atoms with E-state index < -0.39 is 0 Å². The van der Waals surface area contributed by atoms with Crippen LogP contribution >= 0.6 is 22.9 Å². The summed E-state index contributed by atoms with van der Waals surface area (Å²) in [4.78, 5) is 11.4. The zero-order valence-electron chi connectivity index (χ0n) is 16.1. The number of benzene rings is 1. The Labute approximate surface area is 174 Å². The van der Waals surface area contributed by atoms with Crippen LogP contribution in [0.3, 0.4) is 0 Å². The number of rotatable bonds is 3. The van der Waals surface area contributed by atoms with Crippen LogP contribution in [0.1, 0.15) is 41.7 Å². The Morgan fingerprint density at radius 1 is 1.11 bits per heavy atom. The molecule has 3 heterocycles. The number of thiophene rings is 1. The number of aryl methyl sites for hydroxylation is 3. The zero-order valence-corrected chi connectivity index (χ0v) is 17.7. The quantitative estimate of drug-likeness (QED) is 0.568. The molecule has 0 atom stereocenters. The number of nitrogens with one attached hydrogen (secondary N) is 2. The normalized spacial score (nSPS) is 17.6. The second kappa shape index (κ2) is 7.62. The molecule has 0 bridgehead atoms. The summed E-state index contributed by atoms with van der Waals surface area (Å²) in [5, 5.41) is 8.55. The van der Waals surface area contributed by atoms with Crippen LogP contribution in [0, 0.1) is 6.92 Å². The summed E-state index contributed by atoms with van der Waals surface area (Å²) in [6, 6.07) is 7.42. The van der Waals surface area contributed by atoms with Gasteiger partial charge in [-0.25, -0.2) is 9.97 Å². The van der Waals surface area contributed by atoms with Crippen molar-refractivity contribution >= 4 is 39.0 Å². The van der Waals surface area contributed by atoms with Crippen molar-refractivity contribution in [3.05, 3.63) is 39.5 Å². The third kappa shape index (κ3) is 3.40. The van der Waals surface area contributed by atoms with Crippen molar-refractivity contribution in [2.24, 2.45) is 0 Å². The van der Waals surface area contributed by atoms with Crippen molar-refractivity contribution in [1.82, 2.24) is 15.3 Å². The van der Waals surface area contributed by atoms with Crippen LogP contribution < -0.4 is 10.6 Å². The van der Waals surface area contributed by atoms with Gasteiger partial charge in [-0.3, -0.25) is 0 Å². The van der Waals surface area contributed by atoms with E-state index in [4.69, 9.17) is 11.6 Å². The third-order valence-corrected chi connectivity index (χ3v) is 7.19. The maximum atomic E-state index is 6.28. The average Bonchev–Trinajstić information content (AvgIpc) is 3.04. The fraction of sp³-hybridized carbons (Fsp3) is 0.455. The van der Waals surface area contributed by atoms with Crippen molar-refractivity contribution in [3.63, 3.8) is 0 Å². The smallest absolute Gasteiger partial charge is 0.225 e. The molecule has 0 amide bonds. The fourth-order valence-corrected chi connectivity index (χ4v) is 5.85. The van der Waals surface area contributed by atoms with Crippen molar-refractivity contribution in [3.8, 4) is 11.1 Å². The van der Waals surface area contributed by atoms with Crippen LogP contribution in [-0.2, 0) is 12.8 Å². The molecule has 1 aliphatic heterocycles. The van der Waals surface area contributed by atoms with E-state index >= 15 is 0 Å². The first-order chi connectivity index (χ1) is 13.7. The van der Waals surface area contributed by atoms with E-state index in [1.54, 1.807) is 11.3 Å². The first-order valence-corrected chi connectivity index (χ1v) is 11.4. The minimum atomic E-state index is 0.321. The van der Waals surface area contributed by atoms with Crippen LogP contribution in [0.4, 0.5) is 5.82 Å². The molecule has 5 rings (SSSR count). The number of hydrogen-bond acceptors (Lipinski definition) is 5. The van der Waals surface area contributed by atoms with Gasteiger partial charge in [0, 0.05) is 16.5 Å². The molecule has 4 nitrogen and oxygen atoms in total. The van der Waals surface area contributed by atoms with E-state index in [0.29, 0.717) is 11.3 Å². The largest absolute Gasteiger partial charge is 0.367 e. The lowest BCUT2D eigenvalue weighted by molar-refractivity contribution is 0.478. The Morgan fingerprint density at radius 2 is 1.89 bits per heavy atom. The predicted octanol–water partition coefficient (Wildman–Crippen LogP) is 5.36. The number of nitrogens with zero attached hydrogens (tertiary/aromatic N) is 2. The molecule has 1 saturated heterocycles. The molecule has 0 saturated carbocycles. The highest BCUT2D eigenvalue weighted by molar-refractivity contribution is 7.19. The van der Waals surface area contributed by atoms with Crippen LogP contribution in [0.25, 0.3) is 21.3 Å². The molecule has 2 aromatic heterocycles. The van der Waals surface area contributed by atoms with Crippen molar-refractivity contribution < 1.29 is 0 Å². The first-order valence-electron chi connectivity index (χ1n) is 10.2. The Kier molecular flexibility index (Phi) is 4.99. The van der Waals surface area contributed by atoms with E-state index in [0.717, 1.165) is 42.0 Å². The molecule has 0 spiro atoms. The minimum absolute atomic E-state index is 0.321. The molecule has 2 N–H and O–H groups in total. The van der Waals surface area contributed by atoms with Gasteiger partial charge in [-0.1, -0.05) is 18.2 Å². The Bertz CT molecular complexity index is 1020. The summed E-state index contributed by atoms with van der Waals surface area (Å²) in [7, 11) is 0. The number of halogens is 1. The molecule has 1 fully saturated rings. The summed E-state index contributed by atoms with van der Waals surface area (Å²) < 4.78 is 0. The highest BCUT2D eigenvalue weighted by atomic mass is 35.5. The molecule has 3 aromatic rings. The van der Waals surface area contributed by atoms with Crippen molar-refractivity contribution in [1.29, 1.82) is 0 Å². The van der Waals surface area contributed by atoms with E-state index in [1.807, 2.05) is 0 Å². The monoisotopic (exact) mass is 412 g/mol. The summed E-state index contributed by atoms with van der Waals surface area (Å²) in [6.45, 7) is 4.27. The van der Waals surface area contributed by atoms with E-state index in [2.05, 4.69) is 45.7 Å². The topological polar surface area (TPSA) is 49.8 Å². The van der Waals surface area contributed by atoms with E-state index in [9.17, 15) is 0 Å². The molecule has 146 valence electrons. The molecule has 0 unspecified atom stereocenters. The lowest BCUT2D eigenvalue weighted by atomic mass is 9.89. The maximum absolute atomic E-state index is 6.28. The second-order valence-corrected chi connectivity index (χ2v) is 9.46. The molecular formula is C22H25ClN4S. The molecule has 6 heteroatoms. The molecule has 1 aromatic carbocycles. The summed E-state index contributed by atoms with van der Waals surface area (Å²) in [5.41, 5.74) is 5.56. The lowest BCUT2D eigenvalue weighted by Gasteiger charge is -2.24. The summed E-state index contributed by atoms with van der Waals surface area (Å²) >= 11 is 7.99. The van der Waals surface area contributed by atoms with Crippen LogP contribution in [0.15, 0.2) is 18.2 Å². The van der Waals surface area contributed by atoms with E-state index in [1.165, 1.54) is 52.8 Å². The van der Waals surface area contributed by atoms with Gasteiger partial charge in [0.2, 0.25) is 5.28 Å². The average molecular weight is 413 g/mol. The lowest BCUT2D eigenvalue weighted by Crippen LogP contribution is -2.35. The molecule has 0 radical (unpaired) electrons. The van der Waals surface area contributed by atoms with Gasteiger partial charge >= 0.3 is 0 Å². The Morgan fingerprint density at radius 3 is 2.71 bits per heavy atom. The van der Waals surface area contributed by atoms with Crippen LogP contribution in [0.5, 0.6) is 0 Å². The maximum Gasteiger partial charge on any atom is 0.225 e. The van der Waals surface area contributed by atoms with Gasteiger partial charge < -0.3 is 10.6 Å². The molecule has 1 aliphatic carbocycles. The number of fused-ring (bicyclic) bond motifs is 2. The van der Waals surface area contributed by atoms with Gasteiger partial charge in [-0.15, -0.1) is 11.3 Å². The SMILES string of the molecule is Cc1sc2nc(Cl)nc(NC3CCNCC3)c2c1-c1ccc2c(c1)CCCC2. The van der Waals surface area contributed by atoms with Crippen molar-refractivity contribution in [2.75, 3.05) is 18.4 Å². The van der Waals surface area contributed by atoms with Gasteiger partial charge in [0.25, 0.3) is 0 Å². The highest BCUT2D eigenvalue weighted by Gasteiger charge is 2.22. The highest BCUT2D eigenvalue weighted by Crippen LogP contribution is 2.42. The number of aromatic nitrogens is 2. The van der Waals surface area contributed by atoms with Gasteiger partial charge in [0.1, 0.15) is 10.6 Å².